The highest BCUT2D eigenvalue weighted by molar-refractivity contribution is 7.71. The number of ether oxygens (including phenoxy) is 3. The first-order valence-electron chi connectivity index (χ1n) is 12.3. The quantitative estimate of drug-likeness (QED) is 0.0860. The number of nitrogens with one attached hydrogen (secondary N) is 2. The molecule has 0 aliphatic carbocycles. The predicted molar refractivity (Wildman–Crippen MR) is 150 cm³/mol. The Morgan fingerprint density at radius 1 is 1.22 bits per heavy atom. The maximum Gasteiger partial charge on any atom is 0.490 e. The molecule has 0 aromatic carbocycles. The molecule has 0 bridgehead atoms. The van der Waals surface area contributed by atoms with Crippen LogP contribution in [0.5, 0.6) is 0 Å². The number of carbonyl (C=O) groups excluding carboxylic acids is 1. The summed E-state index contributed by atoms with van der Waals surface area (Å²) in [5.41, 5.74) is 7.65. The molecule has 45 heavy (non-hydrogen) atoms. The largest absolute Gasteiger partial charge is 0.490 e. The molecule has 1 aliphatic rings. The van der Waals surface area contributed by atoms with E-state index in [0.29, 0.717) is 5.69 Å². The number of hydrogen-bond acceptors (Lipinski definition) is 15. The fourth-order valence-corrected chi connectivity index (χ4v) is 7.44. The number of phosphoric acid groups is 3. The maximum atomic E-state index is 12.6. The van der Waals surface area contributed by atoms with Crippen LogP contribution in [0.15, 0.2) is 12.4 Å². The van der Waals surface area contributed by atoms with Crippen molar-refractivity contribution in [2.45, 2.75) is 38.0 Å². The van der Waals surface area contributed by atoms with Crippen molar-refractivity contribution in [1.29, 1.82) is 0 Å². The van der Waals surface area contributed by atoms with Crippen molar-refractivity contribution < 1.29 is 65.4 Å². The van der Waals surface area contributed by atoms with Crippen LogP contribution >= 0.6 is 35.7 Å². The van der Waals surface area contributed by atoms with E-state index in [1.54, 1.807) is 17.8 Å². The lowest BCUT2D eigenvalue weighted by molar-refractivity contribution is -0.133. The third kappa shape index (κ3) is 9.09. The van der Waals surface area contributed by atoms with Gasteiger partial charge in [-0.05, 0) is 13.0 Å². The molecule has 6 atom stereocenters. The van der Waals surface area contributed by atoms with Gasteiger partial charge in [-0.25, -0.2) is 23.7 Å². The van der Waals surface area contributed by atoms with Crippen LogP contribution in [-0.2, 0) is 59.4 Å². The smallest absolute Gasteiger partial charge is 0.369 e. The van der Waals surface area contributed by atoms with Gasteiger partial charge in [0.05, 0.1) is 25.2 Å². The van der Waals surface area contributed by atoms with Crippen LogP contribution < -0.4 is 11.1 Å². The van der Waals surface area contributed by atoms with Crippen molar-refractivity contribution >= 4 is 58.7 Å². The van der Waals surface area contributed by atoms with E-state index in [1.165, 1.54) is 10.9 Å². The molecule has 3 unspecified atom stereocenters. The molecule has 1 fully saturated rings. The highest BCUT2D eigenvalue weighted by Gasteiger charge is 2.49. The van der Waals surface area contributed by atoms with E-state index in [1.807, 2.05) is 6.92 Å². The first kappa shape index (κ1) is 35.4. The average Bonchev–Trinajstić information content (AvgIpc) is 3.57. The molecular weight excluding hydrogens is 689 g/mol. The first-order chi connectivity index (χ1) is 20.9. The third-order valence-electron chi connectivity index (χ3n) is 6.04. The molecule has 22 nitrogen and oxygen atoms in total. The number of aromatic nitrogens is 6. The second-order valence-corrected chi connectivity index (χ2v) is 14.1. The number of nitrogens with zero attached hydrogens (tertiary/aromatic N) is 5. The van der Waals surface area contributed by atoms with Crippen LogP contribution in [0.25, 0.3) is 11.2 Å². The number of fused-ring (bicyclic) bond motifs is 1. The Bertz CT molecular complexity index is 1740. The molecular formula is C19H27N8O14P3S. The number of aryl methyl sites for hydroxylation is 2. The van der Waals surface area contributed by atoms with E-state index in [4.69, 9.17) is 53.6 Å². The van der Waals surface area contributed by atoms with Gasteiger partial charge in [0.2, 0.25) is 5.91 Å². The molecule has 8 N–H and O–H groups in total. The molecule has 3 aromatic rings. The number of H-pyrrole nitrogens is 1. The van der Waals surface area contributed by atoms with Crippen LogP contribution in [0.2, 0.25) is 0 Å². The highest BCUT2D eigenvalue weighted by Crippen LogP contribution is 2.66. The number of aromatic amines is 1. The SMILES string of the molecule is [CH]OC1[C@@H](COP(=O)(O)OP(=O)(O)OP(=O)(O)O)O[C@@H](n2cnc3c(=S)nc(N)[nH]c32)[C@H]1OCC(=O)NCc1cc(C)n(C)n1. The van der Waals surface area contributed by atoms with Crippen molar-refractivity contribution in [3.8, 4) is 0 Å². The molecule has 2 radical (unpaired) electrons. The van der Waals surface area contributed by atoms with Gasteiger partial charge in [0.1, 0.15) is 43.2 Å². The van der Waals surface area contributed by atoms with Gasteiger partial charge >= 0.3 is 23.5 Å². The molecule has 0 spiro atoms. The molecule has 1 aliphatic heterocycles. The number of nitrogens with two attached hydrogens (primary N) is 1. The van der Waals surface area contributed by atoms with E-state index in [9.17, 15) is 28.3 Å². The van der Waals surface area contributed by atoms with Gasteiger partial charge in [-0.2, -0.15) is 13.7 Å². The Morgan fingerprint density at radius 3 is 2.56 bits per heavy atom. The number of hydrogen-bond donors (Lipinski definition) is 7. The number of imidazole rings is 1. The first-order valence-corrected chi connectivity index (χ1v) is 17.2. The fraction of sp³-hybridized carbons (Fsp3) is 0.474. The summed E-state index contributed by atoms with van der Waals surface area (Å²) in [4.78, 5) is 60.3. The van der Waals surface area contributed by atoms with Crippen molar-refractivity contribution in [3.05, 3.63) is 35.5 Å². The van der Waals surface area contributed by atoms with Crippen molar-refractivity contribution in [2.24, 2.45) is 7.05 Å². The Morgan fingerprint density at radius 2 is 1.93 bits per heavy atom. The fourth-order valence-electron chi connectivity index (χ4n) is 4.16. The summed E-state index contributed by atoms with van der Waals surface area (Å²) in [6.45, 7) is 0.415. The molecule has 3 aromatic heterocycles. The number of rotatable bonds is 14. The molecule has 4 rings (SSSR count). The Kier molecular flexibility index (Phi) is 10.8. The van der Waals surface area contributed by atoms with Gasteiger partial charge in [0.15, 0.2) is 16.8 Å². The van der Waals surface area contributed by atoms with Crippen LogP contribution in [-0.4, -0.2) is 86.3 Å². The van der Waals surface area contributed by atoms with Crippen molar-refractivity contribution in [1.82, 2.24) is 34.6 Å². The third-order valence-corrected chi connectivity index (χ3v) is 10.1. The normalized spacial score (nSPS) is 23.2. The molecule has 4 heterocycles. The number of amides is 1. The van der Waals surface area contributed by atoms with Gasteiger partial charge in [-0.1, -0.05) is 12.2 Å². The summed E-state index contributed by atoms with van der Waals surface area (Å²) in [6.07, 6.45) is -4.01. The Balaban J connectivity index is 1.54. The summed E-state index contributed by atoms with van der Waals surface area (Å²) in [7, 11) is -9.71. The zero-order valence-corrected chi connectivity index (χ0v) is 26.6. The summed E-state index contributed by atoms with van der Waals surface area (Å²) < 4.78 is 66.8. The lowest BCUT2D eigenvalue weighted by Crippen LogP contribution is -2.39. The van der Waals surface area contributed by atoms with E-state index >= 15 is 0 Å². The molecule has 26 heteroatoms. The van der Waals surface area contributed by atoms with Gasteiger partial charge in [0, 0.05) is 12.7 Å². The van der Waals surface area contributed by atoms with Gasteiger partial charge < -0.3 is 49.8 Å². The van der Waals surface area contributed by atoms with Crippen LogP contribution in [0.3, 0.4) is 0 Å². The molecule has 1 amide bonds. The van der Waals surface area contributed by atoms with E-state index in [-0.39, 0.29) is 28.3 Å². The van der Waals surface area contributed by atoms with Crippen molar-refractivity contribution in [3.63, 3.8) is 0 Å². The monoisotopic (exact) mass is 716 g/mol. The zero-order chi connectivity index (χ0) is 33.3. The van der Waals surface area contributed by atoms with Gasteiger partial charge in [0.25, 0.3) is 0 Å². The van der Waals surface area contributed by atoms with Crippen LogP contribution in [0.4, 0.5) is 5.95 Å². The summed E-state index contributed by atoms with van der Waals surface area (Å²) >= 11 is 5.19. The molecule has 248 valence electrons. The van der Waals surface area contributed by atoms with E-state index in [0.717, 1.165) is 5.69 Å². The van der Waals surface area contributed by atoms with Crippen molar-refractivity contribution in [2.75, 3.05) is 18.9 Å². The summed E-state index contributed by atoms with van der Waals surface area (Å²) in [6, 6.07) is 1.77. The van der Waals surface area contributed by atoms with E-state index < -0.39 is 67.1 Å². The number of carbonyl (C=O) groups is 1. The van der Waals surface area contributed by atoms with E-state index in [2.05, 4.69) is 34.0 Å². The minimum absolute atomic E-state index is 0.0374. The lowest BCUT2D eigenvalue weighted by Gasteiger charge is -2.24. The van der Waals surface area contributed by atoms with Crippen LogP contribution in [0.1, 0.15) is 17.6 Å². The predicted octanol–water partition coefficient (Wildman–Crippen LogP) is 0.109. The number of phosphoric ester groups is 1. The van der Waals surface area contributed by atoms with Gasteiger partial charge in [-0.15, -0.1) is 0 Å². The Hall–Kier alpha value is -2.46. The Labute approximate surface area is 258 Å². The minimum atomic E-state index is -5.79. The number of anilines is 1. The zero-order valence-electron chi connectivity index (χ0n) is 23.1. The molecule has 1 saturated heterocycles. The molecule has 0 saturated carbocycles. The maximum absolute atomic E-state index is 12.6. The standard InChI is InChI=1S/C19H27N8O14P3S/c1-9-4-10(25-26(9)2)5-21-12(28)7-37-15-14(36-3)11(6-38-43(32,33)41-44(34,35)40-42(29,30)31)39-18(15)27-8-22-13-16(27)23-19(20)24-17(13)45/h3-4,8,11,14-15,18H,5-7H2,1-2H3,(H,21,28)(H,32,33)(H,34,35)(H2,29,30,31)(H3,20,23,24,45)/t11-,14?,15+,18-/m1/s1. The lowest BCUT2D eigenvalue weighted by atomic mass is 10.1. The topological polar surface area (TPSA) is 307 Å². The minimum Gasteiger partial charge on any atom is -0.369 e. The van der Waals surface area contributed by atoms with Gasteiger partial charge in [-0.3, -0.25) is 18.6 Å². The summed E-state index contributed by atoms with van der Waals surface area (Å²) in [5, 5.41) is 6.88. The highest BCUT2D eigenvalue weighted by atomic mass is 32.1. The average molecular weight is 716 g/mol. The second kappa shape index (κ2) is 13.7. The second-order valence-electron chi connectivity index (χ2n) is 9.28. The summed E-state index contributed by atoms with van der Waals surface area (Å²) in [5.74, 6) is -0.655. The number of nitrogen functional groups attached to an aromatic ring is 1. The van der Waals surface area contributed by atoms with Crippen LogP contribution in [0, 0.1) is 18.7 Å².